The van der Waals surface area contributed by atoms with Crippen molar-refractivity contribution in [1.29, 1.82) is 0 Å². The number of hydrogen-bond acceptors (Lipinski definition) is 4. The van der Waals surface area contributed by atoms with Crippen LogP contribution in [0.25, 0.3) is 10.2 Å². The standard InChI is InChI=1S/C23H27N3OS/c1-14(2)12-24-17-7-8-19-20(11-17)28-22-21(19)23(27)26(13-25-22)18-9-15-5-3-4-6-16(15)10-18/h3-6,13-14,17-18,24H,7-12H2,1-2H3/t17-/m0/s1. The van der Waals surface area contributed by atoms with Gasteiger partial charge < -0.3 is 5.32 Å². The van der Waals surface area contributed by atoms with Gasteiger partial charge in [-0.15, -0.1) is 11.3 Å². The number of rotatable bonds is 4. The fraction of sp³-hybridized carbons (Fsp3) is 0.478. The molecule has 2 aliphatic rings. The lowest BCUT2D eigenvalue weighted by molar-refractivity contribution is 0.428. The maximum atomic E-state index is 13.4. The zero-order valence-corrected chi connectivity index (χ0v) is 17.4. The Morgan fingerprint density at radius 1 is 1.21 bits per heavy atom. The monoisotopic (exact) mass is 393 g/mol. The van der Waals surface area contributed by atoms with Gasteiger partial charge in [-0.05, 0) is 61.3 Å². The first-order valence-electron chi connectivity index (χ1n) is 10.4. The van der Waals surface area contributed by atoms with Crippen LogP contribution in [0.1, 0.15) is 47.9 Å². The summed E-state index contributed by atoms with van der Waals surface area (Å²) in [7, 11) is 0. The maximum absolute atomic E-state index is 13.4. The molecule has 4 nitrogen and oxygen atoms in total. The molecule has 0 bridgehead atoms. The van der Waals surface area contributed by atoms with Crippen molar-refractivity contribution in [2.24, 2.45) is 5.92 Å². The van der Waals surface area contributed by atoms with Gasteiger partial charge in [0.15, 0.2) is 0 Å². The lowest BCUT2D eigenvalue weighted by atomic mass is 9.93. The Morgan fingerprint density at radius 2 is 1.96 bits per heavy atom. The Labute approximate surface area is 169 Å². The summed E-state index contributed by atoms with van der Waals surface area (Å²) in [5, 5.41) is 4.58. The number of benzene rings is 1. The van der Waals surface area contributed by atoms with E-state index in [0.29, 0.717) is 12.0 Å². The number of nitrogens with zero attached hydrogens (tertiary/aromatic N) is 2. The van der Waals surface area contributed by atoms with E-state index in [4.69, 9.17) is 4.98 Å². The van der Waals surface area contributed by atoms with Gasteiger partial charge in [0.25, 0.3) is 5.56 Å². The van der Waals surface area contributed by atoms with Crippen LogP contribution in [0.5, 0.6) is 0 Å². The average Bonchev–Trinajstić information content (AvgIpc) is 3.27. The third-order valence-electron chi connectivity index (χ3n) is 6.23. The first-order chi connectivity index (χ1) is 13.6. The lowest BCUT2D eigenvalue weighted by Gasteiger charge is -2.24. The highest BCUT2D eigenvalue weighted by Gasteiger charge is 2.28. The summed E-state index contributed by atoms with van der Waals surface area (Å²) in [5.41, 5.74) is 4.16. The van der Waals surface area contributed by atoms with E-state index in [9.17, 15) is 4.79 Å². The third kappa shape index (κ3) is 3.11. The molecule has 0 saturated carbocycles. The smallest absolute Gasteiger partial charge is 0.262 e. The molecular formula is C23H27N3OS. The summed E-state index contributed by atoms with van der Waals surface area (Å²) >= 11 is 1.73. The number of fused-ring (bicyclic) bond motifs is 4. The number of hydrogen-bond donors (Lipinski definition) is 1. The molecule has 0 radical (unpaired) electrons. The van der Waals surface area contributed by atoms with E-state index in [1.807, 2.05) is 4.57 Å². The molecule has 146 valence electrons. The van der Waals surface area contributed by atoms with Crippen LogP contribution >= 0.6 is 11.3 Å². The predicted molar refractivity (Wildman–Crippen MR) is 115 cm³/mol. The highest BCUT2D eigenvalue weighted by molar-refractivity contribution is 7.18. The Balaban J connectivity index is 1.46. The average molecular weight is 394 g/mol. The van der Waals surface area contributed by atoms with Crippen LogP contribution in [0.3, 0.4) is 0 Å². The van der Waals surface area contributed by atoms with Crippen LogP contribution in [0.2, 0.25) is 0 Å². The van der Waals surface area contributed by atoms with E-state index < -0.39 is 0 Å². The van der Waals surface area contributed by atoms with Crippen molar-refractivity contribution < 1.29 is 0 Å². The molecule has 0 spiro atoms. The van der Waals surface area contributed by atoms with E-state index in [1.165, 1.54) is 21.6 Å². The number of thiophene rings is 1. The van der Waals surface area contributed by atoms with Crippen molar-refractivity contribution in [3.8, 4) is 0 Å². The van der Waals surface area contributed by atoms with Crippen LogP contribution < -0.4 is 10.9 Å². The molecule has 2 aromatic heterocycles. The zero-order chi connectivity index (χ0) is 19.3. The van der Waals surface area contributed by atoms with Gasteiger partial charge in [0.1, 0.15) is 4.83 Å². The van der Waals surface area contributed by atoms with Crippen LogP contribution in [0.4, 0.5) is 0 Å². The minimum atomic E-state index is 0.161. The topological polar surface area (TPSA) is 46.9 Å². The first kappa shape index (κ1) is 18.1. The normalized spacial score (nSPS) is 19.3. The second-order valence-corrected chi connectivity index (χ2v) is 9.80. The Morgan fingerprint density at radius 3 is 2.68 bits per heavy atom. The summed E-state index contributed by atoms with van der Waals surface area (Å²) < 4.78 is 1.90. The van der Waals surface area contributed by atoms with E-state index in [0.717, 1.165) is 48.9 Å². The maximum Gasteiger partial charge on any atom is 0.262 e. The van der Waals surface area contributed by atoms with E-state index in [1.54, 1.807) is 17.7 Å². The summed E-state index contributed by atoms with van der Waals surface area (Å²) in [6, 6.07) is 9.26. The van der Waals surface area contributed by atoms with Gasteiger partial charge in [0.05, 0.1) is 11.7 Å². The molecule has 3 aromatic rings. The van der Waals surface area contributed by atoms with Crippen LogP contribution in [-0.4, -0.2) is 22.1 Å². The van der Waals surface area contributed by atoms with Crippen LogP contribution in [0.15, 0.2) is 35.4 Å². The molecule has 2 heterocycles. The van der Waals surface area contributed by atoms with Crippen molar-refractivity contribution >= 4 is 21.6 Å². The molecule has 5 heteroatoms. The van der Waals surface area contributed by atoms with Gasteiger partial charge in [0, 0.05) is 17.0 Å². The van der Waals surface area contributed by atoms with Crippen molar-refractivity contribution in [2.75, 3.05) is 6.54 Å². The zero-order valence-electron chi connectivity index (χ0n) is 16.6. The first-order valence-corrected chi connectivity index (χ1v) is 11.2. The number of aryl methyl sites for hydroxylation is 1. The van der Waals surface area contributed by atoms with E-state index in [-0.39, 0.29) is 11.6 Å². The van der Waals surface area contributed by atoms with Crippen LogP contribution in [-0.2, 0) is 25.7 Å². The third-order valence-corrected chi connectivity index (χ3v) is 7.39. The minimum absolute atomic E-state index is 0.161. The minimum Gasteiger partial charge on any atom is -0.313 e. The summed E-state index contributed by atoms with van der Waals surface area (Å²) in [4.78, 5) is 20.4. The molecule has 1 atom stereocenters. The fourth-order valence-corrected chi connectivity index (χ4v) is 6.01. The number of aromatic nitrogens is 2. The highest BCUT2D eigenvalue weighted by atomic mass is 32.1. The predicted octanol–water partition coefficient (Wildman–Crippen LogP) is 3.90. The van der Waals surface area contributed by atoms with E-state index in [2.05, 4.69) is 43.4 Å². The number of nitrogens with one attached hydrogen (secondary N) is 1. The Bertz CT molecular complexity index is 1060. The van der Waals surface area contributed by atoms with Gasteiger partial charge in [-0.3, -0.25) is 9.36 Å². The quantitative estimate of drug-likeness (QED) is 0.731. The summed E-state index contributed by atoms with van der Waals surface area (Å²) in [5.74, 6) is 0.660. The lowest BCUT2D eigenvalue weighted by Crippen LogP contribution is -2.36. The summed E-state index contributed by atoms with van der Waals surface area (Å²) in [6.45, 7) is 5.54. The molecule has 0 fully saturated rings. The van der Waals surface area contributed by atoms with Crippen molar-refractivity contribution in [2.45, 2.75) is 58.0 Å². The van der Waals surface area contributed by atoms with Crippen molar-refractivity contribution in [3.05, 3.63) is 62.5 Å². The molecule has 0 saturated heterocycles. The van der Waals surface area contributed by atoms with Crippen molar-refractivity contribution in [3.63, 3.8) is 0 Å². The highest BCUT2D eigenvalue weighted by Crippen LogP contribution is 2.35. The second kappa shape index (κ2) is 7.12. The van der Waals surface area contributed by atoms with Crippen molar-refractivity contribution in [1.82, 2.24) is 14.9 Å². The Hall–Kier alpha value is -1.98. The van der Waals surface area contributed by atoms with Gasteiger partial charge in [-0.2, -0.15) is 0 Å². The molecule has 0 unspecified atom stereocenters. The van der Waals surface area contributed by atoms with Gasteiger partial charge in [-0.1, -0.05) is 38.1 Å². The van der Waals surface area contributed by atoms with Gasteiger partial charge in [0.2, 0.25) is 0 Å². The molecule has 5 rings (SSSR count). The van der Waals surface area contributed by atoms with Crippen LogP contribution in [0, 0.1) is 5.92 Å². The fourth-order valence-electron chi connectivity index (χ4n) is 4.75. The van der Waals surface area contributed by atoms with Gasteiger partial charge in [-0.25, -0.2) is 4.98 Å². The molecule has 2 aliphatic carbocycles. The molecule has 28 heavy (non-hydrogen) atoms. The Kier molecular flexibility index (Phi) is 4.60. The molecule has 0 amide bonds. The molecule has 1 N–H and O–H groups in total. The van der Waals surface area contributed by atoms with E-state index >= 15 is 0 Å². The molecule has 1 aromatic carbocycles. The largest absolute Gasteiger partial charge is 0.313 e. The molecule has 0 aliphatic heterocycles. The molecular weight excluding hydrogens is 366 g/mol. The summed E-state index contributed by atoms with van der Waals surface area (Å²) in [6.07, 6.45) is 6.76. The SMILES string of the molecule is CC(C)CN[C@H]1CCc2c(sc3ncn(C4Cc5ccccc5C4)c(=O)c23)C1. The van der Waals surface area contributed by atoms with Gasteiger partial charge >= 0.3 is 0 Å². The second-order valence-electron chi connectivity index (χ2n) is 8.71.